The molecule has 0 aliphatic carbocycles. The van der Waals surface area contributed by atoms with Crippen molar-refractivity contribution in [1.82, 2.24) is 30.4 Å². The Kier molecular flexibility index (Phi) is 2.05. The molecular formula is C7H8N6O. The lowest BCUT2D eigenvalue weighted by molar-refractivity contribution is 0.0991. The first-order chi connectivity index (χ1) is 6.75. The zero-order valence-electron chi connectivity index (χ0n) is 7.51. The van der Waals surface area contributed by atoms with Gasteiger partial charge in [0.2, 0.25) is 0 Å². The van der Waals surface area contributed by atoms with Gasteiger partial charge in [0.15, 0.2) is 11.6 Å². The fraction of sp³-hybridized carbons (Fsp3) is 0.286. The second-order valence-electron chi connectivity index (χ2n) is 2.78. The quantitative estimate of drug-likeness (QED) is 0.653. The van der Waals surface area contributed by atoms with Crippen LogP contribution in [0.3, 0.4) is 0 Å². The molecule has 0 unspecified atom stereocenters. The normalized spacial score (nSPS) is 10.4. The summed E-state index contributed by atoms with van der Waals surface area (Å²) in [6, 6.07) is 0. The smallest absolute Gasteiger partial charge is 0.182 e. The third-order valence-electron chi connectivity index (χ3n) is 1.69. The Bertz CT molecular complexity index is 431. The molecule has 7 heteroatoms. The number of aryl methyl sites for hydroxylation is 1. The van der Waals surface area contributed by atoms with Gasteiger partial charge in [-0.05, 0) is 5.21 Å². The zero-order chi connectivity index (χ0) is 9.97. The number of aromatic nitrogens is 6. The minimum Gasteiger partial charge on any atom is -0.294 e. The first-order valence-electron chi connectivity index (χ1n) is 4.00. The molecule has 0 spiro atoms. The van der Waals surface area contributed by atoms with E-state index in [1.165, 1.54) is 11.0 Å². The van der Waals surface area contributed by atoms with Crippen LogP contribution in [0.2, 0.25) is 0 Å². The van der Waals surface area contributed by atoms with Crippen molar-refractivity contribution < 1.29 is 4.79 Å². The molecule has 2 aromatic rings. The molecule has 0 aromatic carbocycles. The van der Waals surface area contributed by atoms with Crippen LogP contribution in [0.15, 0.2) is 12.4 Å². The minimum atomic E-state index is -0.0771. The highest BCUT2D eigenvalue weighted by Gasteiger charge is 2.11. The summed E-state index contributed by atoms with van der Waals surface area (Å²) in [5, 5.41) is 17.5. The van der Waals surface area contributed by atoms with Crippen LogP contribution in [0, 0.1) is 0 Å². The fourth-order valence-corrected chi connectivity index (χ4v) is 1.04. The molecule has 0 bridgehead atoms. The van der Waals surface area contributed by atoms with Gasteiger partial charge >= 0.3 is 0 Å². The maximum Gasteiger partial charge on any atom is 0.182 e. The molecule has 0 aliphatic heterocycles. The van der Waals surface area contributed by atoms with Gasteiger partial charge in [0.25, 0.3) is 0 Å². The summed E-state index contributed by atoms with van der Waals surface area (Å²) in [6.07, 6.45) is 3.16. The Labute approximate surface area is 79.1 Å². The molecule has 72 valence electrons. The Morgan fingerprint density at radius 1 is 1.64 bits per heavy atom. The van der Waals surface area contributed by atoms with E-state index in [2.05, 4.69) is 25.6 Å². The van der Waals surface area contributed by atoms with E-state index in [4.69, 9.17) is 0 Å². The van der Waals surface area contributed by atoms with Gasteiger partial charge in [0.05, 0.1) is 25.2 Å². The highest BCUT2D eigenvalue weighted by Crippen LogP contribution is 2.00. The first kappa shape index (κ1) is 8.54. The average Bonchev–Trinajstić information content (AvgIpc) is 2.75. The number of hydrogen-bond acceptors (Lipinski definition) is 5. The second kappa shape index (κ2) is 3.36. The van der Waals surface area contributed by atoms with Crippen LogP contribution in [-0.4, -0.2) is 36.2 Å². The van der Waals surface area contributed by atoms with Crippen LogP contribution >= 0.6 is 0 Å². The van der Waals surface area contributed by atoms with Gasteiger partial charge in [-0.25, -0.2) is 0 Å². The Hall–Kier alpha value is -2.05. The Balaban J connectivity index is 2.09. The SMILES string of the molecule is Cn1nnc(CC(=O)c2cn[nH]c2)n1. The number of carbonyl (C=O) groups is 1. The molecule has 0 amide bonds. The molecule has 1 N–H and O–H groups in total. The molecule has 0 fully saturated rings. The summed E-state index contributed by atoms with van der Waals surface area (Å²) in [6.45, 7) is 0. The number of ketones is 1. The van der Waals surface area contributed by atoms with Gasteiger partial charge in [0.1, 0.15) is 0 Å². The van der Waals surface area contributed by atoms with E-state index in [0.29, 0.717) is 11.4 Å². The van der Waals surface area contributed by atoms with Gasteiger partial charge in [-0.3, -0.25) is 9.89 Å². The number of hydrogen-bond donors (Lipinski definition) is 1. The van der Waals surface area contributed by atoms with Gasteiger partial charge in [0, 0.05) is 6.20 Å². The predicted octanol–water partition coefficient (Wildman–Crippen LogP) is -0.641. The van der Waals surface area contributed by atoms with Crippen LogP contribution in [0.4, 0.5) is 0 Å². The fourth-order valence-electron chi connectivity index (χ4n) is 1.04. The zero-order valence-corrected chi connectivity index (χ0v) is 7.51. The van der Waals surface area contributed by atoms with Crippen molar-refractivity contribution >= 4 is 5.78 Å². The molecule has 2 heterocycles. The third kappa shape index (κ3) is 1.65. The van der Waals surface area contributed by atoms with Gasteiger partial charge in [-0.15, -0.1) is 10.2 Å². The summed E-state index contributed by atoms with van der Waals surface area (Å²) in [7, 11) is 1.65. The summed E-state index contributed by atoms with van der Waals surface area (Å²) in [4.78, 5) is 12.8. The van der Waals surface area contributed by atoms with E-state index in [1.807, 2.05) is 0 Å². The molecule has 0 aliphatic rings. The average molecular weight is 192 g/mol. The largest absolute Gasteiger partial charge is 0.294 e. The van der Waals surface area contributed by atoms with Gasteiger partial charge < -0.3 is 0 Å². The minimum absolute atomic E-state index is 0.0771. The Morgan fingerprint density at radius 2 is 2.50 bits per heavy atom. The van der Waals surface area contributed by atoms with Crippen molar-refractivity contribution in [2.24, 2.45) is 7.05 Å². The van der Waals surface area contributed by atoms with Crippen LogP contribution < -0.4 is 0 Å². The van der Waals surface area contributed by atoms with Crippen molar-refractivity contribution in [1.29, 1.82) is 0 Å². The Morgan fingerprint density at radius 3 is 3.07 bits per heavy atom. The number of Topliss-reactive ketones (excluding diaryl/α,β-unsaturated/α-hetero) is 1. The number of tetrazole rings is 1. The number of H-pyrrole nitrogens is 1. The molecule has 0 saturated heterocycles. The van der Waals surface area contributed by atoms with Crippen molar-refractivity contribution in [2.75, 3.05) is 0 Å². The van der Waals surface area contributed by atoms with E-state index in [9.17, 15) is 4.79 Å². The summed E-state index contributed by atoms with van der Waals surface area (Å²) in [5.74, 6) is 0.338. The molecule has 0 radical (unpaired) electrons. The first-order valence-corrected chi connectivity index (χ1v) is 4.00. The highest BCUT2D eigenvalue weighted by molar-refractivity contribution is 5.96. The van der Waals surface area contributed by atoms with Crippen molar-refractivity contribution in [3.63, 3.8) is 0 Å². The van der Waals surface area contributed by atoms with Crippen LogP contribution in [0.5, 0.6) is 0 Å². The van der Waals surface area contributed by atoms with Crippen molar-refractivity contribution in [3.8, 4) is 0 Å². The van der Waals surface area contributed by atoms with E-state index in [0.717, 1.165) is 0 Å². The molecule has 0 saturated carbocycles. The van der Waals surface area contributed by atoms with Crippen LogP contribution in [-0.2, 0) is 13.5 Å². The van der Waals surface area contributed by atoms with Gasteiger partial charge in [-0.1, -0.05) is 0 Å². The lowest BCUT2D eigenvalue weighted by Crippen LogP contribution is -2.04. The molecular weight excluding hydrogens is 184 g/mol. The van der Waals surface area contributed by atoms with Gasteiger partial charge in [-0.2, -0.15) is 9.90 Å². The number of aromatic amines is 1. The van der Waals surface area contributed by atoms with E-state index in [1.54, 1.807) is 13.2 Å². The molecule has 7 nitrogen and oxygen atoms in total. The lowest BCUT2D eigenvalue weighted by Gasteiger charge is -1.90. The third-order valence-corrected chi connectivity index (χ3v) is 1.69. The monoisotopic (exact) mass is 192 g/mol. The molecule has 2 rings (SSSR count). The summed E-state index contributed by atoms with van der Waals surface area (Å²) in [5.41, 5.74) is 0.525. The standard InChI is InChI=1S/C7H8N6O/c1-13-11-7(10-12-13)2-6(14)5-3-8-9-4-5/h3-4H,2H2,1H3,(H,8,9). The maximum absolute atomic E-state index is 11.5. The van der Waals surface area contributed by atoms with E-state index >= 15 is 0 Å². The molecule has 0 atom stereocenters. The molecule has 2 aromatic heterocycles. The lowest BCUT2D eigenvalue weighted by atomic mass is 10.2. The van der Waals surface area contributed by atoms with Crippen molar-refractivity contribution in [3.05, 3.63) is 23.8 Å². The summed E-state index contributed by atoms with van der Waals surface area (Å²) < 4.78 is 0. The molecule has 14 heavy (non-hydrogen) atoms. The highest BCUT2D eigenvalue weighted by atomic mass is 16.1. The van der Waals surface area contributed by atoms with Crippen LogP contribution in [0.25, 0.3) is 0 Å². The number of nitrogens with zero attached hydrogens (tertiary/aromatic N) is 5. The van der Waals surface area contributed by atoms with Crippen LogP contribution in [0.1, 0.15) is 16.2 Å². The number of nitrogens with one attached hydrogen (secondary N) is 1. The summed E-state index contributed by atoms with van der Waals surface area (Å²) >= 11 is 0. The number of rotatable bonds is 3. The van der Waals surface area contributed by atoms with E-state index in [-0.39, 0.29) is 12.2 Å². The second-order valence-corrected chi connectivity index (χ2v) is 2.78. The number of carbonyl (C=O) groups excluding carboxylic acids is 1. The topological polar surface area (TPSA) is 89.4 Å². The maximum atomic E-state index is 11.5. The predicted molar refractivity (Wildman–Crippen MR) is 45.4 cm³/mol. The van der Waals surface area contributed by atoms with E-state index < -0.39 is 0 Å². The van der Waals surface area contributed by atoms with Crippen molar-refractivity contribution in [2.45, 2.75) is 6.42 Å².